The molecule has 0 aliphatic carbocycles. The summed E-state index contributed by atoms with van der Waals surface area (Å²) in [6.45, 7) is 6.27. The first-order valence-corrected chi connectivity index (χ1v) is 16.9. The van der Waals surface area contributed by atoms with E-state index in [1.807, 2.05) is 68.4 Å². The molecule has 1 saturated heterocycles. The number of hydrogen-bond acceptors (Lipinski definition) is 9. The number of aliphatic hydroxyl groups excluding tert-OH is 1. The van der Waals surface area contributed by atoms with Gasteiger partial charge >= 0.3 is 0 Å². The van der Waals surface area contributed by atoms with Gasteiger partial charge < -0.3 is 30.5 Å². The Morgan fingerprint density at radius 2 is 1.80 bits per heavy atom. The number of carbonyl (C=O) groups excluding carboxylic acids is 1. The second-order valence-corrected chi connectivity index (χ2v) is 12.9. The Labute approximate surface area is 262 Å². The lowest BCUT2D eigenvalue weighted by Crippen LogP contribution is -2.48. The summed E-state index contributed by atoms with van der Waals surface area (Å²) in [7, 11) is -1.36. The first-order chi connectivity index (χ1) is 21.2. The van der Waals surface area contributed by atoms with Crippen LogP contribution in [0.1, 0.15) is 48.2 Å². The van der Waals surface area contributed by atoms with Gasteiger partial charge in [-0.2, -0.15) is 0 Å². The summed E-state index contributed by atoms with van der Waals surface area (Å²) in [6, 6.07) is 20.1. The lowest BCUT2D eigenvalue weighted by Gasteiger charge is -2.47. The molecule has 0 unspecified atom stereocenters. The highest BCUT2D eigenvalue weighted by Crippen LogP contribution is 2.50. The number of amides is 1. The van der Waals surface area contributed by atoms with Crippen LogP contribution in [-0.4, -0.2) is 71.4 Å². The summed E-state index contributed by atoms with van der Waals surface area (Å²) in [4.78, 5) is 13.7. The fraction of sp³-hybridized carbons (Fsp3) is 0.424. The number of rotatable bonds is 15. The summed E-state index contributed by atoms with van der Waals surface area (Å²) >= 11 is 0. The number of ether oxygens (including phenoxy) is 2. The van der Waals surface area contributed by atoms with E-state index in [4.69, 9.17) is 9.47 Å². The molecular formula is C33H46N4O6S. The predicted octanol–water partition coefficient (Wildman–Crippen LogP) is 5.28. The van der Waals surface area contributed by atoms with Crippen molar-refractivity contribution in [2.75, 3.05) is 48.7 Å². The van der Waals surface area contributed by atoms with Crippen molar-refractivity contribution in [1.29, 1.82) is 0 Å². The van der Waals surface area contributed by atoms with Gasteiger partial charge in [-0.05, 0) is 74.6 Å². The fourth-order valence-corrected chi connectivity index (χ4v) is 6.98. The van der Waals surface area contributed by atoms with Gasteiger partial charge in [-0.25, -0.2) is 0 Å². The number of nitrogens with zero attached hydrogens (tertiary/aromatic N) is 1. The van der Waals surface area contributed by atoms with E-state index in [0.717, 1.165) is 24.0 Å². The third-order valence-corrected chi connectivity index (χ3v) is 9.46. The molecule has 240 valence electrons. The van der Waals surface area contributed by atoms with Crippen LogP contribution in [0.2, 0.25) is 0 Å². The highest BCUT2D eigenvalue weighted by atomic mass is 32.3. The third kappa shape index (κ3) is 9.02. The van der Waals surface area contributed by atoms with Gasteiger partial charge in [0.25, 0.3) is 5.91 Å². The Kier molecular flexibility index (Phi) is 12.2. The van der Waals surface area contributed by atoms with E-state index in [1.54, 1.807) is 23.5 Å². The lowest BCUT2D eigenvalue weighted by molar-refractivity contribution is 0.0830. The largest absolute Gasteiger partial charge is 0.493 e. The molecule has 0 radical (unpaired) electrons. The van der Waals surface area contributed by atoms with Crippen LogP contribution in [0.25, 0.3) is 0 Å². The van der Waals surface area contributed by atoms with Crippen LogP contribution in [0, 0.1) is 0 Å². The number of methoxy groups -OCH3 is 1. The summed E-state index contributed by atoms with van der Waals surface area (Å²) in [5.74, 6) is 1.28. The van der Waals surface area contributed by atoms with E-state index in [9.17, 15) is 19.0 Å². The number of nitrogens with one attached hydrogen (secondary N) is 3. The molecule has 4 rings (SSSR count). The molecule has 3 aromatic rings. The maximum absolute atomic E-state index is 13.7. The topological polar surface area (TPSA) is 136 Å². The van der Waals surface area contributed by atoms with Gasteiger partial charge in [-0.3, -0.25) is 18.2 Å². The van der Waals surface area contributed by atoms with Crippen molar-refractivity contribution in [3.63, 3.8) is 0 Å². The summed E-state index contributed by atoms with van der Waals surface area (Å²) in [5, 5.41) is 20.9. The van der Waals surface area contributed by atoms with E-state index >= 15 is 0 Å². The van der Waals surface area contributed by atoms with Crippen molar-refractivity contribution in [3.8, 4) is 11.5 Å². The average Bonchev–Trinajstić information content (AvgIpc) is 3.01. The van der Waals surface area contributed by atoms with Crippen molar-refractivity contribution in [3.05, 3.63) is 83.4 Å². The highest BCUT2D eigenvalue weighted by molar-refractivity contribution is 8.25. The summed E-state index contributed by atoms with van der Waals surface area (Å²) in [5.41, 5.74) is 3.63. The number of aliphatic hydroxyl groups is 1. The second kappa shape index (κ2) is 16.0. The fourth-order valence-electron chi connectivity index (χ4n) is 5.31. The van der Waals surface area contributed by atoms with Gasteiger partial charge in [0.05, 0.1) is 37.3 Å². The van der Waals surface area contributed by atoms with Gasteiger partial charge in [0.1, 0.15) is 0 Å². The molecule has 6 N–H and O–H groups in total. The average molecular weight is 627 g/mol. The van der Waals surface area contributed by atoms with Crippen molar-refractivity contribution in [2.45, 2.75) is 51.8 Å². The van der Waals surface area contributed by atoms with Crippen LogP contribution in [-0.2, 0) is 13.0 Å². The first-order valence-electron chi connectivity index (χ1n) is 15.2. The van der Waals surface area contributed by atoms with E-state index in [0.29, 0.717) is 66.9 Å². The molecule has 0 saturated carbocycles. The Bertz CT molecular complexity index is 1360. The Morgan fingerprint density at radius 1 is 1.00 bits per heavy atom. The summed E-state index contributed by atoms with van der Waals surface area (Å²) < 4.78 is 34.2. The molecule has 1 amide bonds. The van der Waals surface area contributed by atoms with Crippen LogP contribution in [0.4, 0.5) is 11.4 Å². The zero-order chi connectivity index (χ0) is 31.5. The first kappa shape index (κ1) is 33.4. The minimum atomic E-state index is -2.96. The van der Waals surface area contributed by atoms with Crippen molar-refractivity contribution in [2.24, 2.45) is 0 Å². The monoisotopic (exact) mass is 626 g/mol. The molecular weight excluding hydrogens is 580 g/mol. The maximum Gasteiger partial charge on any atom is 0.251 e. The van der Waals surface area contributed by atoms with Gasteiger partial charge in [0, 0.05) is 37.4 Å². The van der Waals surface area contributed by atoms with Gasteiger partial charge in [-0.15, -0.1) is 10.8 Å². The van der Waals surface area contributed by atoms with Crippen LogP contribution >= 0.6 is 10.8 Å². The number of carbonyl (C=O) groups is 1. The maximum atomic E-state index is 13.7. The van der Waals surface area contributed by atoms with Crippen molar-refractivity contribution >= 4 is 28.1 Å². The second-order valence-electron chi connectivity index (χ2n) is 10.8. The number of benzene rings is 3. The Hall–Kier alpha value is -3.48. The molecule has 1 aliphatic rings. The molecule has 10 nitrogen and oxygen atoms in total. The molecule has 44 heavy (non-hydrogen) atoms. The van der Waals surface area contributed by atoms with Gasteiger partial charge in [0.15, 0.2) is 11.5 Å². The van der Waals surface area contributed by atoms with Crippen LogP contribution in [0.3, 0.4) is 0 Å². The molecule has 11 heteroatoms. The van der Waals surface area contributed by atoms with Crippen LogP contribution in [0.5, 0.6) is 11.5 Å². The van der Waals surface area contributed by atoms with Crippen LogP contribution in [0.15, 0.2) is 66.7 Å². The Balaban J connectivity index is 1.51. The molecule has 2 atom stereocenters. The Morgan fingerprint density at radius 3 is 2.50 bits per heavy atom. The summed E-state index contributed by atoms with van der Waals surface area (Å²) in [6.07, 6.45) is 1.12. The van der Waals surface area contributed by atoms with E-state index < -0.39 is 22.9 Å². The molecule has 0 aromatic heterocycles. The number of hydrogen-bond donors (Lipinski definition) is 6. The minimum absolute atomic E-state index is 0.241. The zero-order valence-corrected chi connectivity index (χ0v) is 26.6. The van der Waals surface area contributed by atoms with E-state index in [1.165, 1.54) is 0 Å². The highest BCUT2D eigenvalue weighted by Gasteiger charge is 2.28. The quantitative estimate of drug-likeness (QED) is 0.133. The van der Waals surface area contributed by atoms with Crippen molar-refractivity contribution < 1.29 is 28.5 Å². The zero-order valence-electron chi connectivity index (χ0n) is 25.8. The minimum Gasteiger partial charge on any atom is -0.493 e. The van der Waals surface area contributed by atoms with E-state index in [2.05, 4.69) is 16.0 Å². The van der Waals surface area contributed by atoms with Gasteiger partial charge in [0.2, 0.25) is 0 Å². The number of anilines is 2. The van der Waals surface area contributed by atoms with E-state index in [-0.39, 0.29) is 12.5 Å². The third-order valence-electron chi connectivity index (χ3n) is 7.52. The standard InChI is InChI=1S/C33H46N4O6S/c1-4-35-27-19-26(20-28(21-27)37-15-9-10-16-44(37,40)41)33(39)36-29(17-24-11-7-6-8-12-24)30(38)23-34-22-25-13-14-31(42-3)32(18-25)43-5-2/h6-8,11-14,18-21,29-30,34-35,38,40-41H,4-5,9-10,15-17,22-23H2,1-3H3,(H,36,39)/t29-,30-/m0/s1. The van der Waals surface area contributed by atoms with Gasteiger partial charge in [-0.1, -0.05) is 36.4 Å². The normalized spacial score (nSPS) is 16.5. The molecule has 1 aliphatic heterocycles. The molecule has 1 heterocycles. The lowest BCUT2D eigenvalue weighted by atomic mass is 10.00. The SMILES string of the molecule is CCNc1cc(C(=O)N[C@@H](Cc2ccccc2)[C@@H](O)CNCc2ccc(OC)c(OCC)c2)cc(N2CCCCS2(O)O)c1. The molecule has 1 fully saturated rings. The molecule has 3 aromatic carbocycles. The van der Waals surface area contributed by atoms with Crippen molar-refractivity contribution in [1.82, 2.24) is 10.6 Å². The molecule has 0 bridgehead atoms. The molecule has 0 spiro atoms. The smallest absolute Gasteiger partial charge is 0.251 e. The predicted molar refractivity (Wildman–Crippen MR) is 178 cm³/mol. The van der Waals surface area contributed by atoms with Crippen LogP contribution < -0.4 is 29.7 Å².